The SMILES string of the molecule is Nc1ccc(C(=O)Nc2cccc(CC(=O)O)c2)cc1. The van der Waals surface area contributed by atoms with Gasteiger partial charge in [-0.25, -0.2) is 0 Å². The van der Waals surface area contributed by atoms with Crippen molar-refractivity contribution < 1.29 is 14.7 Å². The lowest BCUT2D eigenvalue weighted by atomic mass is 10.1. The van der Waals surface area contributed by atoms with Gasteiger partial charge in [0.05, 0.1) is 6.42 Å². The molecule has 0 radical (unpaired) electrons. The number of carbonyl (C=O) groups excluding carboxylic acids is 1. The van der Waals surface area contributed by atoms with E-state index in [1.165, 1.54) is 0 Å². The van der Waals surface area contributed by atoms with Crippen molar-refractivity contribution in [3.05, 3.63) is 59.7 Å². The van der Waals surface area contributed by atoms with Crippen LogP contribution >= 0.6 is 0 Å². The molecular weight excluding hydrogens is 256 g/mol. The molecular formula is C15H14N2O3. The van der Waals surface area contributed by atoms with Gasteiger partial charge in [0.15, 0.2) is 0 Å². The molecule has 0 aliphatic carbocycles. The smallest absolute Gasteiger partial charge is 0.307 e. The quantitative estimate of drug-likeness (QED) is 0.742. The molecule has 0 bridgehead atoms. The molecule has 5 heteroatoms. The molecule has 4 N–H and O–H groups in total. The summed E-state index contributed by atoms with van der Waals surface area (Å²) in [5, 5.41) is 11.5. The highest BCUT2D eigenvalue weighted by molar-refractivity contribution is 6.04. The van der Waals surface area contributed by atoms with Crippen LogP contribution in [-0.4, -0.2) is 17.0 Å². The Morgan fingerprint density at radius 3 is 2.45 bits per heavy atom. The largest absolute Gasteiger partial charge is 0.481 e. The maximum absolute atomic E-state index is 12.0. The average Bonchev–Trinajstić information content (AvgIpc) is 2.39. The van der Waals surface area contributed by atoms with Crippen LogP contribution in [0.15, 0.2) is 48.5 Å². The molecule has 0 fully saturated rings. The van der Waals surface area contributed by atoms with Gasteiger partial charge in [0.1, 0.15) is 0 Å². The molecule has 0 atom stereocenters. The first-order chi connectivity index (χ1) is 9.54. The molecule has 0 aliphatic heterocycles. The number of nitrogens with two attached hydrogens (primary N) is 1. The molecule has 0 saturated heterocycles. The van der Waals surface area contributed by atoms with Gasteiger partial charge in [-0.3, -0.25) is 9.59 Å². The summed E-state index contributed by atoms with van der Waals surface area (Å²) in [7, 11) is 0. The van der Waals surface area contributed by atoms with Gasteiger partial charge in [-0.15, -0.1) is 0 Å². The van der Waals surface area contributed by atoms with Crippen molar-refractivity contribution >= 4 is 23.3 Å². The number of anilines is 2. The molecule has 2 rings (SSSR count). The van der Waals surface area contributed by atoms with Gasteiger partial charge in [0.25, 0.3) is 5.91 Å². The first kappa shape index (κ1) is 13.6. The number of nitrogen functional groups attached to an aromatic ring is 1. The first-order valence-electron chi connectivity index (χ1n) is 6.02. The van der Waals surface area contributed by atoms with Crippen molar-refractivity contribution in [3.8, 4) is 0 Å². The van der Waals surface area contributed by atoms with Crippen LogP contribution in [0.3, 0.4) is 0 Å². The minimum Gasteiger partial charge on any atom is -0.481 e. The van der Waals surface area contributed by atoms with Gasteiger partial charge in [-0.1, -0.05) is 12.1 Å². The zero-order valence-corrected chi connectivity index (χ0v) is 10.7. The predicted octanol–water partition coefficient (Wildman–Crippen LogP) is 2.15. The van der Waals surface area contributed by atoms with Crippen LogP contribution in [0.5, 0.6) is 0 Å². The molecule has 0 heterocycles. The van der Waals surface area contributed by atoms with Crippen molar-refractivity contribution in [1.29, 1.82) is 0 Å². The Hall–Kier alpha value is -2.82. The zero-order valence-electron chi connectivity index (χ0n) is 10.7. The second-order valence-electron chi connectivity index (χ2n) is 4.35. The third-order valence-electron chi connectivity index (χ3n) is 2.71. The van der Waals surface area contributed by atoms with E-state index in [1.54, 1.807) is 48.5 Å². The lowest BCUT2D eigenvalue weighted by Gasteiger charge is -2.07. The van der Waals surface area contributed by atoms with Crippen LogP contribution in [0.4, 0.5) is 11.4 Å². The number of nitrogens with one attached hydrogen (secondary N) is 1. The third-order valence-corrected chi connectivity index (χ3v) is 2.71. The van der Waals surface area contributed by atoms with E-state index < -0.39 is 5.97 Å². The standard InChI is InChI=1S/C15H14N2O3/c16-12-6-4-11(5-7-12)15(20)17-13-3-1-2-10(8-13)9-14(18)19/h1-8H,9,16H2,(H,17,20)(H,18,19). The summed E-state index contributed by atoms with van der Waals surface area (Å²) in [4.78, 5) is 22.6. The highest BCUT2D eigenvalue weighted by Gasteiger charge is 2.07. The van der Waals surface area contributed by atoms with E-state index in [4.69, 9.17) is 10.8 Å². The Morgan fingerprint density at radius 1 is 1.10 bits per heavy atom. The zero-order chi connectivity index (χ0) is 14.5. The van der Waals surface area contributed by atoms with Crippen LogP contribution in [0, 0.1) is 0 Å². The Bertz CT molecular complexity index is 636. The summed E-state index contributed by atoms with van der Waals surface area (Å²) >= 11 is 0. The number of aliphatic carboxylic acids is 1. The molecule has 2 aromatic carbocycles. The fourth-order valence-electron chi connectivity index (χ4n) is 1.77. The summed E-state index contributed by atoms with van der Waals surface area (Å²) in [5.41, 5.74) is 7.83. The molecule has 0 saturated carbocycles. The topological polar surface area (TPSA) is 92.4 Å². The summed E-state index contributed by atoms with van der Waals surface area (Å²) in [6.07, 6.45) is -0.0778. The Labute approximate surface area is 116 Å². The van der Waals surface area contributed by atoms with Crippen LogP contribution in [0.1, 0.15) is 15.9 Å². The Balaban J connectivity index is 2.11. The lowest BCUT2D eigenvalue weighted by Crippen LogP contribution is -2.12. The predicted molar refractivity (Wildman–Crippen MR) is 76.6 cm³/mol. The first-order valence-corrected chi connectivity index (χ1v) is 6.02. The summed E-state index contributed by atoms with van der Waals surface area (Å²) in [6.45, 7) is 0. The van der Waals surface area contributed by atoms with Gasteiger partial charge in [0, 0.05) is 16.9 Å². The number of carboxylic acid groups (broad SMARTS) is 1. The Kier molecular flexibility index (Phi) is 4.00. The normalized spacial score (nSPS) is 10.0. The van der Waals surface area contributed by atoms with E-state index >= 15 is 0 Å². The van der Waals surface area contributed by atoms with Gasteiger partial charge >= 0.3 is 5.97 Å². The van der Waals surface area contributed by atoms with Gasteiger partial charge in [-0.05, 0) is 42.0 Å². The van der Waals surface area contributed by atoms with Crippen molar-refractivity contribution in [2.75, 3.05) is 11.1 Å². The van der Waals surface area contributed by atoms with Gasteiger partial charge in [-0.2, -0.15) is 0 Å². The average molecular weight is 270 g/mol. The van der Waals surface area contributed by atoms with Gasteiger partial charge < -0.3 is 16.2 Å². The van der Waals surface area contributed by atoms with E-state index in [0.29, 0.717) is 22.5 Å². The van der Waals surface area contributed by atoms with Gasteiger partial charge in [0.2, 0.25) is 0 Å². The van der Waals surface area contributed by atoms with Crippen molar-refractivity contribution in [3.63, 3.8) is 0 Å². The molecule has 0 aromatic heterocycles. The molecule has 20 heavy (non-hydrogen) atoms. The van der Waals surface area contributed by atoms with Crippen LogP contribution in [0.2, 0.25) is 0 Å². The maximum atomic E-state index is 12.0. The van der Waals surface area contributed by atoms with Crippen LogP contribution in [0.25, 0.3) is 0 Å². The molecule has 0 unspecified atom stereocenters. The number of carbonyl (C=O) groups is 2. The Morgan fingerprint density at radius 2 is 1.80 bits per heavy atom. The van der Waals surface area contributed by atoms with Crippen molar-refractivity contribution in [2.45, 2.75) is 6.42 Å². The molecule has 102 valence electrons. The third kappa shape index (κ3) is 3.58. The summed E-state index contributed by atoms with van der Waals surface area (Å²) in [5.74, 6) is -1.18. The number of amides is 1. The number of carboxylic acids is 1. The second-order valence-corrected chi connectivity index (χ2v) is 4.35. The second kappa shape index (κ2) is 5.88. The van der Waals surface area contributed by atoms with E-state index in [0.717, 1.165) is 0 Å². The molecule has 2 aromatic rings. The van der Waals surface area contributed by atoms with E-state index in [1.807, 2.05) is 0 Å². The highest BCUT2D eigenvalue weighted by atomic mass is 16.4. The fourth-order valence-corrected chi connectivity index (χ4v) is 1.77. The van der Waals surface area contributed by atoms with Crippen molar-refractivity contribution in [1.82, 2.24) is 0 Å². The number of hydrogen-bond donors (Lipinski definition) is 3. The summed E-state index contributed by atoms with van der Waals surface area (Å²) < 4.78 is 0. The van der Waals surface area contributed by atoms with Crippen molar-refractivity contribution in [2.24, 2.45) is 0 Å². The molecule has 1 amide bonds. The number of hydrogen-bond acceptors (Lipinski definition) is 3. The molecule has 0 spiro atoms. The minimum atomic E-state index is -0.910. The van der Waals surface area contributed by atoms with Crippen LogP contribution in [-0.2, 0) is 11.2 Å². The van der Waals surface area contributed by atoms with E-state index in [2.05, 4.69) is 5.32 Å². The molecule has 0 aliphatic rings. The number of benzene rings is 2. The van der Waals surface area contributed by atoms with Crippen LogP contribution < -0.4 is 11.1 Å². The fraction of sp³-hybridized carbons (Fsp3) is 0.0667. The minimum absolute atomic E-state index is 0.0778. The number of rotatable bonds is 4. The molecule has 5 nitrogen and oxygen atoms in total. The monoisotopic (exact) mass is 270 g/mol. The van der Waals surface area contributed by atoms with E-state index in [-0.39, 0.29) is 12.3 Å². The van der Waals surface area contributed by atoms with E-state index in [9.17, 15) is 9.59 Å². The summed E-state index contributed by atoms with van der Waals surface area (Å²) in [6, 6.07) is 13.3. The highest BCUT2D eigenvalue weighted by Crippen LogP contribution is 2.13. The lowest BCUT2D eigenvalue weighted by molar-refractivity contribution is -0.136. The maximum Gasteiger partial charge on any atom is 0.307 e.